The highest BCUT2D eigenvalue weighted by Crippen LogP contribution is 2.34. The second-order valence-corrected chi connectivity index (χ2v) is 6.34. The number of rotatable bonds is 2. The fraction of sp³-hybridized carbons (Fsp3) is 0.0435. The van der Waals surface area contributed by atoms with Crippen LogP contribution in [0.4, 0.5) is 0 Å². The third-order valence-corrected chi connectivity index (χ3v) is 4.84. The Balaban J connectivity index is 1.86. The fourth-order valence-corrected chi connectivity index (χ4v) is 3.72. The molecule has 0 aliphatic rings. The zero-order chi connectivity index (χ0) is 15.9. The van der Waals surface area contributed by atoms with E-state index in [2.05, 4.69) is 89.9 Å². The molecule has 114 valence electrons. The molecule has 0 aliphatic carbocycles. The molecule has 0 fully saturated rings. The van der Waals surface area contributed by atoms with Crippen LogP contribution in [0.1, 0.15) is 11.1 Å². The van der Waals surface area contributed by atoms with Gasteiger partial charge in [0.25, 0.3) is 0 Å². The minimum atomic E-state index is 0.955. The summed E-state index contributed by atoms with van der Waals surface area (Å²) in [5.74, 6) is 0. The molecule has 1 heteroatoms. The van der Waals surface area contributed by atoms with Crippen LogP contribution in [0.2, 0.25) is 0 Å². The number of hydrogen-bond donors (Lipinski definition) is 1. The zero-order valence-electron chi connectivity index (χ0n) is 13.3. The summed E-state index contributed by atoms with van der Waals surface area (Å²) in [5.41, 5.74) is 5.18. The lowest BCUT2D eigenvalue weighted by molar-refractivity contribution is 1.22. The van der Waals surface area contributed by atoms with Gasteiger partial charge in [0.05, 0.1) is 5.52 Å². The Morgan fingerprint density at radius 2 is 1.25 bits per heavy atom. The molecule has 4 aromatic carbocycles. The van der Waals surface area contributed by atoms with Crippen molar-refractivity contribution in [2.75, 3.05) is 0 Å². The lowest BCUT2D eigenvalue weighted by atomic mass is 9.95. The topological polar surface area (TPSA) is 15.8 Å². The van der Waals surface area contributed by atoms with E-state index in [-0.39, 0.29) is 0 Å². The fourth-order valence-electron chi connectivity index (χ4n) is 3.72. The van der Waals surface area contributed by atoms with Crippen molar-refractivity contribution in [3.05, 3.63) is 96.1 Å². The summed E-state index contributed by atoms with van der Waals surface area (Å²) < 4.78 is 0. The number of hydrogen-bond acceptors (Lipinski definition) is 0. The molecule has 1 heterocycles. The minimum Gasteiger partial charge on any atom is -0.354 e. The number of aromatic amines is 1. The Morgan fingerprint density at radius 3 is 2.08 bits per heavy atom. The van der Waals surface area contributed by atoms with E-state index in [9.17, 15) is 0 Å². The van der Waals surface area contributed by atoms with Crippen molar-refractivity contribution in [3.63, 3.8) is 0 Å². The average Bonchev–Trinajstić information content (AvgIpc) is 3.02. The van der Waals surface area contributed by atoms with Gasteiger partial charge >= 0.3 is 0 Å². The number of aromatic nitrogens is 1. The molecule has 0 atom stereocenters. The highest BCUT2D eigenvalue weighted by molar-refractivity contribution is 6.17. The summed E-state index contributed by atoms with van der Waals surface area (Å²) >= 11 is 0. The van der Waals surface area contributed by atoms with Crippen molar-refractivity contribution in [2.24, 2.45) is 0 Å². The van der Waals surface area contributed by atoms with E-state index in [0.717, 1.165) is 6.42 Å². The molecular weight excluding hydrogens is 290 g/mol. The van der Waals surface area contributed by atoms with Crippen molar-refractivity contribution in [1.29, 1.82) is 0 Å². The number of para-hydroxylation sites is 1. The second-order valence-electron chi connectivity index (χ2n) is 6.34. The molecule has 0 radical (unpaired) electrons. The SMILES string of the molecule is c1ccc(Cc2cc3c4ccccc4[nH]c3c3ccccc23)cc1. The van der Waals surface area contributed by atoms with Crippen molar-refractivity contribution in [2.45, 2.75) is 6.42 Å². The highest BCUT2D eigenvalue weighted by Gasteiger charge is 2.11. The molecule has 0 amide bonds. The van der Waals surface area contributed by atoms with Gasteiger partial charge in [0, 0.05) is 21.7 Å². The van der Waals surface area contributed by atoms with E-state index >= 15 is 0 Å². The van der Waals surface area contributed by atoms with E-state index in [1.54, 1.807) is 0 Å². The second kappa shape index (κ2) is 5.24. The maximum Gasteiger partial charge on any atom is 0.0544 e. The predicted molar refractivity (Wildman–Crippen MR) is 103 cm³/mol. The molecule has 0 unspecified atom stereocenters. The standard InChI is InChI=1S/C23H17N/c1-2-8-16(9-3-1)14-17-15-21-19-11-6-7-13-22(19)24-23(21)20-12-5-4-10-18(17)20/h1-13,15,24H,14H2. The Hall–Kier alpha value is -3.06. The van der Waals surface area contributed by atoms with Gasteiger partial charge in [-0.3, -0.25) is 0 Å². The first-order valence-electron chi connectivity index (χ1n) is 8.35. The summed E-state index contributed by atoms with van der Waals surface area (Å²) in [6.07, 6.45) is 0.955. The Morgan fingerprint density at radius 1 is 0.583 bits per heavy atom. The van der Waals surface area contributed by atoms with Gasteiger partial charge in [0.15, 0.2) is 0 Å². The van der Waals surface area contributed by atoms with Crippen LogP contribution in [0.15, 0.2) is 84.9 Å². The molecule has 5 aromatic rings. The molecule has 0 saturated carbocycles. The van der Waals surface area contributed by atoms with Gasteiger partial charge in [-0.15, -0.1) is 0 Å². The van der Waals surface area contributed by atoms with Crippen LogP contribution in [-0.4, -0.2) is 4.98 Å². The first kappa shape index (κ1) is 13.4. The Bertz CT molecular complexity index is 1170. The van der Waals surface area contributed by atoms with Crippen molar-refractivity contribution in [1.82, 2.24) is 4.98 Å². The molecule has 1 aromatic heterocycles. The van der Waals surface area contributed by atoms with E-state index in [0.29, 0.717) is 0 Å². The molecule has 1 nitrogen and oxygen atoms in total. The zero-order valence-corrected chi connectivity index (χ0v) is 13.3. The van der Waals surface area contributed by atoms with E-state index in [4.69, 9.17) is 0 Å². The maximum absolute atomic E-state index is 3.61. The van der Waals surface area contributed by atoms with Crippen LogP contribution >= 0.6 is 0 Å². The molecule has 24 heavy (non-hydrogen) atoms. The average molecular weight is 307 g/mol. The third-order valence-electron chi connectivity index (χ3n) is 4.84. The summed E-state index contributed by atoms with van der Waals surface area (Å²) in [4.78, 5) is 3.61. The molecule has 0 spiro atoms. The smallest absolute Gasteiger partial charge is 0.0544 e. The van der Waals surface area contributed by atoms with Gasteiger partial charge in [-0.1, -0.05) is 72.8 Å². The molecule has 0 aliphatic heterocycles. The van der Waals surface area contributed by atoms with E-state index in [1.165, 1.54) is 43.7 Å². The van der Waals surface area contributed by atoms with Gasteiger partial charge < -0.3 is 4.98 Å². The monoisotopic (exact) mass is 307 g/mol. The molecule has 0 bridgehead atoms. The van der Waals surface area contributed by atoms with Gasteiger partial charge in [0.2, 0.25) is 0 Å². The third kappa shape index (κ3) is 2.02. The van der Waals surface area contributed by atoms with E-state index in [1.807, 2.05) is 0 Å². The van der Waals surface area contributed by atoms with Crippen molar-refractivity contribution >= 4 is 32.6 Å². The quantitative estimate of drug-likeness (QED) is 0.407. The molecule has 5 rings (SSSR count). The minimum absolute atomic E-state index is 0.955. The van der Waals surface area contributed by atoms with Crippen LogP contribution in [0, 0.1) is 0 Å². The molecule has 1 N–H and O–H groups in total. The number of H-pyrrole nitrogens is 1. The molecule has 0 saturated heterocycles. The van der Waals surface area contributed by atoms with Gasteiger partial charge in [-0.2, -0.15) is 0 Å². The number of nitrogens with one attached hydrogen (secondary N) is 1. The number of benzene rings is 4. The lowest BCUT2D eigenvalue weighted by Gasteiger charge is -2.09. The predicted octanol–water partition coefficient (Wildman–Crippen LogP) is 6.07. The van der Waals surface area contributed by atoms with Crippen LogP contribution in [0.5, 0.6) is 0 Å². The Labute approximate surface area is 140 Å². The highest BCUT2D eigenvalue weighted by atomic mass is 14.7. The number of fused-ring (bicyclic) bond motifs is 5. The van der Waals surface area contributed by atoms with Crippen LogP contribution in [0.25, 0.3) is 32.6 Å². The van der Waals surface area contributed by atoms with Gasteiger partial charge in [0.1, 0.15) is 0 Å². The van der Waals surface area contributed by atoms with E-state index < -0.39 is 0 Å². The summed E-state index contributed by atoms with van der Waals surface area (Å²) in [6, 6.07) is 30.3. The van der Waals surface area contributed by atoms with Crippen molar-refractivity contribution < 1.29 is 0 Å². The summed E-state index contributed by atoms with van der Waals surface area (Å²) in [7, 11) is 0. The van der Waals surface area contributed by atoms with Gasteiger partial charge in [-0.25, -0.2) is 0 Å². The van der Waals surface area contributed by atoms with Crippen molar-refractivity contribution in [3.8, 4) is 0 Å². The largest absolute Gasteiger partial charge is 0.354 e. The molecular formula is C23H17N. The lowest BCUT2D eigenvalue weighted by Crippen LogP contribution is -1.90. The van der Waals surface area contributed by atoms with Gasteiger partial charge in [-0.05, 0) is 35.1 Å². The summed E-state index contributed by atoms with van der Waals surface area (Å²) in [6.45, 7) is 0. The maximum atomic E-state index is 3.61. The van der Waals surface area contributed by atoms with Crippen LogP contribution < -0.4 is 0 Å². The van der Waals surface area contributed by atoms with Crippen LogP contribution in [-0.2, 0) is 6.42 Å². The first-order valence-corrected chi connectivity index (χ1v) is 8.35. The Kier molecular flexibility index (Phi) is 2.92. The summed E-state index contributed by atoms with van der Waals surface area (Å²) in [5, 5.41) is 5.25. The normalized spacial score (nSPS) is 11.5. The first-order chi connectivity index (χ1) is 11.9. The van der Waals surface area contributed by atoms with Crippen LogP contribution in [0.3, 0.4) is 0 Å².